The van der Waals surface area contributed by atoms with Crippen LogP contribution in [-0.4, -0.2) is 24.7 Å². The third-order valence-electron chi connectivity index (χ3n) is 1.60. The Bertz CT molecular complexity index is 120. The highest BCUT2D eigenvalue weighted by molar-refractivity contribution is 7.81. The van der Waals surface area contributed by atoms with Gasteiger partial charge in [0.2, 0.25) is 5.91 Å². The van der Waals surface area contributed by atoms with Crippen molar-refractivity contribution < 1.29 is 4.79 Å². The van der Waals surface area contributed by atoms with Crippen LogP contribution in [-0.2, 0) is 4.79 Å². The molecule has 0 aromatic heterocycles. The van der Waals surface area contributed by atoms with E-state index in [1.54, 1.807) is 0 Å². The average Bonchev–Trinajstić information content (AvgIpc) is 2.10. The minimum absolute atomic E-state index is 0.0113. The van der Waals surface area contributed by atoms with E-state index < -0.39 is 0 Å². The van der Waals surface area contributed by atoms with Gasteiger partial charge in [0.1, 0.15) is 0 Å². The molecule has 3 N–H and O–H groups in total. The van der Waals surface area contributed by atoms with Crippen molar-refractivity contribution in [2.45, 2.75) is 25.7 Å². The van der Waals surface area contributed by atoms with Gasteiger partial charge in [0.15, 0.2) is 0 Å². The van der Waals surface area contributed by atoms with E-state index in [4.69, 9.17) is 5.73 Å². The lowest BCUT2D eigenvalue weighted by Crippen LogP contribution is -2.25. The Labute approximate surface area is 79.5 Å². The molecular formula is C8H18N2OS. The Morgan fingerprint density at radius 2 is 1.92 bits per heavy atom. The maximum Gasteiger partial charge on any atom is 0.229 e. The molecule has 0 aromatic rings. The van der Waals surface area contributed by atoms with Crippen molar-refractivity contribution in [1.29, 1.82) is 0 Å². The van der Waals surface area contributed by atoms with Crippen molar-refractivity contribution in [3.05, 3.63) is 0 Å². The smallest absolute Gasteiger partial charge is 0.229 e. The maximum atomic E-state index is 10.7. The summed E-state index contributed by atoms with van der Waals surface area (Å²) in [5.41, 5.74) is 5.33. The number of nitrogens with one attached hydrogen (secondary N) is 1. The molecule has 0 aliphatic carbocycles. The first kappa shape index (κ1) is 11.8. The second-order valence-corrected chi connectivity index (χ2v) is 3.03. The third kappa shape index (κ3) is 7.88. The molecule has 4 heteroatoms. The van der Waals surface area contributed by atoms with E-state index in [9.17, 15) is 4.79 Å². The van der Waals surface area contributed by atoms with E-state index in [1.165, 1.54) is 0 Å². The van der Waals surface area contributed by atoms with Crippen molar-refractivity contribution >= 4 is 18.5 Å². The second kappa shape index (κ2) is 8.87. The van der Waals surface area contributed by atoms with Gasteiger partial charge in [-0.25, -0.2) is 0 Å². The van der Waals surface area contributed by atoms with Gasteiger partial charge in [0.25, 0.3) is 0 Å². The van der Waals surface area contributed by atoms with Crippen LogP contribution >= 0.6 is 12.6 Å². The SMILES string of the molecule is NCCCCCCNC(=O)CS. The minimum atomic E-state index is 0.0113. The van der Waals surface area contributed by atoms with E-state index >= 15 is 0 Å². The summed E-state index contributed by atoms with van der Waals surface area (Å²) in [4.78, 5) is 10.7. The predicted molar refractivity (Wildman–Crippen MR) is 54.4 cm³/mol. The summed E-state index contributed by atoms with van der Waals surface area (Å²) in [7, 11) is 0. The van der Waals surface area contributed by atoms with Crippen molar-refractivity contribution in [2.24, 2.45) is 5.73 Å². The number of thiol groups is 1. The highest BCUT2D eigenvalue weighted by Gasteiger charge is 1.94. The first-order chi connectivity index (χ1) is 5.81. The molecule has 0 aliphatic heterocycles. The normalized spacial score (nSPS) is 9.83. The molecule has 0 atom stereocenters. The van der Waals surface area contributed by atoms with Crippen LogP contribution in [0.1, 0.15) is 25.7 Å². The molecule has 0 unspecified atom stereocenters. The van der Waals surface area contributed by atoms with Gasteiger partial charge in [-0.3, -0.25) is 4.79 Å². The summed E-state index contributed by atoms with van der Waals surface area (Å²) in [5, 5.41) is 2.76. The van der Waals surface area contributed by atoms with Crippen molar-refractivity contribution in [3.63, 3.8) is 0 Å². The first-order valence-electron chi connectivity index (χ1n) is 4.39. The Morgan fingerprint density at radius 1 is 1.25 bits per heavy atom. The molecule has 72 valence electrons. The van der Waals surface area contributed by atoms with Gasteiger partial charge in [-0.2, -0.15) is 12.6 Å². The number of unbranched alkanes of at least 4 members (excludes halogenated alkanes) is 3. The fourth-order valence-electron chi connectivity index (χ4n) is 0.907. The fraction of sp³-hybridized carbons (Fsp3) is 0.875. The number of carbonyl (C=O) groups is 1. The molecule has 0 aliphatic rings. The summed E-state index contributed by atoms with van der Waals surface area (Å²) >= 11 is 3.85. The zero-order chi connectivity index (χ0) is 9.23. The van der Waals surface area contributed by atoms with Gasteiger partial charge in [-0.15, -0.1) is 0 Å². The Morgan fingerprint density at radius 3 is 2.50 bits per heavy atom. The molecule has 1 amide bonds. The van der Waals surface area contributed by atoms with E-state index in [1.807, 2.05) is 0 Å². The van der Waals surface area contributed by atoms with E-state index in [0.29, 0.717) is 0 Å². The number of nitrogens with two attached hydrogens (primary N) is 1. The summed E-state index contributed by atoms with van der Waals surface area (Å²) in [5.74, 6) is 0.292. The van der Waals surface area contributed by atoms with Crippen LogP contribution in [0.3, 0.4) is 0 Å². The van der Waals surface area contributed by atoms with Crippen molar-refractivity contribution in [2.75, 3.05) is 18.8 Å². The molecule has 0 fully saturated rings. The standard InChI is InChI=1S/C8H18N2OS/c9-5-3-1-2-4-6-10-8(11)7-12/h12H,1-7,9H2,(H,10,11). The summed E-state index contributed by atoms with van der Waals surface area (Å²) < 4.78 is 0. The largest absolute Gasteiger partial charge is 0.355 e. The van der Waals surface area contributed by atoms with Crippen LogP contribution in [0.4, 0.5) is 0 Å². The minimum Gasteiger partial charge on any atom is -0.355 e. The number of rotatable bonds is 7. The molecular weight excluding hydrogens is 172 g/mol. The van der Waals surface area contributed by atoms with Crippen LogP contribution in [0.15, 0.2) is 0 Å². The van der Waals surface area contributed by atoms with E-state index in [-0.39, 0.29) is 11.7 Å². The first-order valence-corrected chi connectivity index (χ1v) is 5.02. The Hall–Kier alpha value is -0.220. The number of hydrogen-bond acceptors (Lipinski definition) is 3. The topological polar surface area (TPSA) is 55.1 Å². The van der Waals surface area contributed by atoms with Crippen molar-refractivity contribution in [3.8, 4) is 0 Å². The maximum absolute atomic E-state index is 10.7. The lowest BCUT2D eigenvalue weighted by Gasteiger charge is -2.02. The average molecular weight is 190 g/mol. The molecule has 0 aromatic carbocycles. The van der Waals surface area contributed by atoms with Crippen LogP contribution in [0.5, 0.6) is 0 Å². The predicted octanol–water partition coefficient (Wildman–Crippen LogP) is 0.552. The monoisotopic (exact) mass is 190 g/mol. The zero-order valence-corrected chi connectivity index (χ0v) is 8.28. The van der Waals surface area contributed by atoms with Gasteiger partial charge >= 0.3 is 0 Å². The van der Waals surface area contributed by atoms with E-state index in [0.717, 1.165) is 38.8 Å². The van der Waals surface area contributed by atoms with Crippen LogP contribution in [0, 0.1) is 0 Å². The second-order valence-electron chi connectivity index (χ2n) is 2.71. The quantitative estimate of drug-likeness (QED) is 0.406. The number of amides is 1. The lowest BCUT2D eigenvalue weighted by atomic mass is 10.2. The van der Waals surface area contributed by atoms with Crippen LogP contribution < -0.4 is 11.1 Å². The molecule has 0 radical (unpaired) electrons. The van der Waals surface area contributed by atoms with Gasteiger partial charge < -0.3 is 11.1 Å². The van der Waals surface area contributed by atoms with E-state index in [2.05, 4.69) is 17.9 Å². The number of hydrogen-bond donors (Lipinski definition) is 3. The molecule has 12 heavy (non-hydrogen) atoms. The van der Waals surface area contributed by atoms with Gasteiger partial charge in [-0.1, -0.05) is 12.8 Å². The lowest BCUT2D eigenvalue weighted by molar-refractivity contribution is -0.118. The molecule has 0 heterocycles. The molecule has 3 nitrogen and oxygen atoms in total. The highest BCUT2D eigenvalue weighted by Crippen LogP contribution is 1.96. The molecule has 0 saturated carbocycles. The molecule has 0 saturated heterocycles. The third-order valence-corrected chi connectivity index (χ3v) is 1.88. The highest BCUT2D eigenvalue weighted by atomic mass is 32.1. The fourth-order valence-corrected chi connectivity index (χ4v) is 1.02. The van der Waals surface area contributed by atoms with Crippen LogP contribution in [0.25, 0.3) is 0 Å². The van der Waals surface area contributed by atoms with Gasteiger partial charge in [-0.05, 0) is 19.4 Å². The Balaban J connectivity index is 2.95. The molecule has 0 bridgehead atoms. The van der Waals surface area contributed by atoms with Crippen molar-refractivity contribution in [1.82, 2.24) is 5.32 Å². The Kier molecular flexibility index (Phi) is 8.71. The van der Waals surface area contributed by atoms with Crippen LogP contribution in [0.2, 0.25) is 0 Å². The summed E-state index contributed by atoms with van der Waals surface area (Å²) in [6, 6.07) is 0. The van der Waals surface area contributed by atoms with Gasteiger partial charge in [0.05, 0.1) is 5.75 Å². The van der Waals surface area contributed by atoms with Gasteiger partial charge in [0, 0.05) is 6.54 Å². The summed E-state index contributed by atoms with van der Waals surface area (Å²) in [6.07, 6.45) is 4.43. The summed E-state index contributed by atoms with van der Waals surface area (Å²) in [6.45, 7) is 1.53. The molecule has 0 spiro atoms. The number of carbonyl (C=O) groups excluding carboxylic acids is 1. The molecule has 0 rings (SSSR count). The zero-order valence-electron chi connectivity index (χ0n) is 7.38.